The lowest BCUT2D eigenvalue weighted by Crippen LogP contribution is -2.39. The van der Waals surface area contributed by atoms with Crippen LogP contribution in [0, 0.1) is 0 Å². The quantitative estimate of drug-likeness (QED) is 0.602. The van der Waals surface area contributed by atoms with Crippen molar-refractivity contribution in [1.29, 1.82) is 0 Å². The first kappa shape index (κ1) is 16.9. The Labute approximate surface area is 110 Å². The standard InChI is InChI=1S/C13H26N2O3/c1-4-5-6-7-8-12(16)15(11-13(17)18)10-9-14(2)3/h4-11H2,1-3H3,(H,17,18). The van der Waals surface area contributed by atoms with Crippen molar-refractivity contribution in [2.45, 2.75) is 39.0 Å². The van der Waals surface area contributed by atoms with E-state index in [1.54, 1.807) is 0 Å². The zero-order valence-electron chi connectivity index (χ0n) is 11.8. The molecule has 0 fully saturated rings. The molecule has 0 aromatic heterocycles. The molecule has 5 heteroatoms. The highest BCUT2D eigenvalue weighted by Gasteiger charge is 2.16. The van der Waals surface area contributed by atoms with Crippen LogP contribution in [0.15, 0.2) is 0 Å². The number of hydrogen-bond donors (Lipinski definition) is 1. The molecule has 0 aliphatic carbocycles. The molecule has 0 aromatic carbocycles. The maximum absolute atomic E-state index is 11.9. The summed E-state index contributed by atoms with van der Waals surface area (Å²) in [4.78, 5) is 26.0. The van der Waals surface area contributed by atoms with Crippen molar-refractivity contribution in [3.63, 3.8) is 0 Å². The van der Waals surface area contributed by atoms with Crippen molar-refractivity contribution in [2.24, 2.45) is 0 Å². The monoisotopic (exact) mass is 258 g/mol. The van der Waals surface area contributed by atoms with E-state index in [9.17, 15) is 9.59 Å². The number of amides is 1. The zero-order chi connectivity index (χ0) is 14.0. The molecule has 0 heterocycles. The van der Waals surface area contributed by atoms with Crippen LogP contribution >= 0.6 is 0 Å². The molecule has 0 spiro atoms. The van der Waals surface area contributed by atoms with Gasteiger partial charge in [-0.3, -0.25) is 9.59 Å². The van der Waals surface area contributed by atoms with Crippen LogP contribution in [0.3, 0.4) is 0 Å². The Hall–Kier alpha value is -1.10. The summed E-state index contributed by atoms with van der Waals surface area (Å²) < 4.78 is 0. The number of rotatable bonds is 10. The number of unbranched alkanes of at least 4 members (excludes halogenated alkanes) is 3. The number of carbonyl (C=O) groups excluding carboxylic acids is 1. The van der Waals surface area contributed by atoms with Gasteiger partial charge >= 0.3 is 5.97 Å². The predicted molar refractivity (Wildman–Crippen MR) is 71.5 cm³/mol. The van der Waals surface area contributed by atoms with Crippen molar-refractivity contribution < 1.29 is 14.7 Å². The van der Waals surface area contributed by atoms with E-state index in [4.69, 9.17) is 5.11 Å². The van der Waals surface area contributed by atoms with Gasteiger partial charge < -0.3 is 14.9 Å². The Balaban J connectivity index is 4.09. The topological polar surface area (TPSA) is 60.9 Å². The first-order valence-electron chi connectivity index (χ1n) is 6.61. The summed E-state index contributed by atoms with van der Waals surface area (Å²) in [7, 11) is 3.81. The van der Waals surface area contributed by atoms with E-state index in [1.165, 1.54) is 4.90 Å². The molecule has 0 aliphatic heterocycles. The first-order chi connectivity index (χ1) is 8.47. The summed E-state index contributed by atoms with van der Waals surface area (Å²) in [6.07, 6.45) is 4.61. The minimum absolute atomic E-state index is 0.0460. The summed E-state index contributed by atoms with van der Waals surface area (Å²) in [5.74, 6) is -0.994. The highest BCUT2D eigenvalue weighted by atomic mass is 16.4. The van der Waals surface area contributed by atoms with Gasteiger partial charge in [-0.15, -0.1) is 0 Å². The summed E-state index contributed by atoms with van der Waals surface area (Å²) in [6, 6.07) is 0. The van der Waals surface area contributed by atoms with Crippen LogP contribution in [0.4, 0.5) is 0 Å². The fourth-order valence-corrected chi connectivity index (χ4v) is 1.64. The number of aliphatic carboxylic acids is 1. The van der Waals surface area contributed by atoms with E-state index in [0.717, 1.165) is 25.7 Å². The Kier molecular flexibility index (Phi) is 9.28. The fraction of sp³-hybridized carbons (Fsp3) is 0.846. The van der Waals surface area contributed by atoms with Gasteiger partial charge in [0.05, 0.1) is 0 Å². The van der Waals surface area contributed by atoms with E-state index in [1.807, 2.05) is 19.0 Å². The van der Waals surface area contributed by atoms with Crippen molar-refractivity contribution in [3.8, 4) is 0 Å². The molecule has 0 unspecified atom stereocenters. The second-order valence-electron chi connectivity index (χ2n) is 4.82. The van der Waals surface area contributed by atoms with Gasteiger partial charge in [0.1, 0.15) is 6.54 Å². The molecule has 18 heavy (non-hydrogen) atoms. The SMILES string of the molecule is CCCCCCC(=O)N(CCN(C)C)CC(=O)O. The summed E-state index contributed by atoms with van der Waals surface area (Å²) in [5, 5.41) is 8.80. The van der Waals surface area contributed by atoms with Gasteiger partial charge in [-0.25, -0.2) is 0 Å². The molecule has 5 nitrogen and oxygen atoms in total. The second-order valence-corrected chi connectivity index (χ2v) is 4.82. The maximum Gasteiger partial charge on any atom is 0.323 e. The lowest BCUT2D eigenvalue weighted by molar-refractivity contribution is -0.144. The maximum atomic E-state index is 11.9. The number of hydrogen-bond acceptors (Lipinski definition) is 3. The van der Waals surface area contributed by atoms with Crippen LogP contribution < -0.4 is 0 Å². The molecule has 1 amide bonds. The van der Waals surface area contributed by atoms with E-state index in [0.29, 0.717) is 19.5 Å². The van der Waals surface area contributed by atoms with Crippen LogP contribution in [0.25, 0.3) is 0 Å². The molecule has 0 saturated heterocycles. The van der Waals surface area contributed by atoms with Crippen LogP contribution in [-0.2, 0) is 9.59 Å². The number of likely N-dealkylation sites (N-methyl/N-ethyl adjacent to an activating group) is 1. The van der Waals surface area contributed by atoms with Gasteiger partial charge in [0.2, 0.25) is 5.91 Å². The summed E-state index contributed by atoms with van der Waals surface area (Å²) in [5.41, 5.74) is 0. The fourth-order valence-electron chi connectivity index (χ4n) is 1.64. The minimum Gasteiger partial charge on any atom is -0.480 e. The Morgan fingerprint density at radius 2 is 1.72 bits per heavy atom. The molecule has 0 saturated carbocycles. The molecule has 0 aromatic rings. The lowest BCUT2D eigenvalue weighted by atomic mass is 10.1. The van der Waals surface area contributed by atoms with E-state index < -0.39 is 5.97 Å². The zero-order valence-corrected chi connectivity index (χ0v) is 11.8. The Morgan fingerprint density at radius 1 is 1.06 bits per heavy atom. The minimum atomic E-state index is -0.948. The van der Waals surface area contributed by atoms with Crippen LogP contribution in [0.1, 0.15) is 39.0 Å². The summed E-state index contributed by atoms with van der Waals surface area (Å²) in [6.45, 7) is 3.09. The third-order valence-corrected chi connectivity index (χ3v) is 2.74. The van der Waals surface area contributed by atoms with Crippen molar-refractivity contribution >= 4 is 11.9 Å². The van der Waals surface area contributed by atoms with Crippen LogP contribution in [0.2, 0.25) is 0 Å². The van der Waals surface area contributed by atoms with Crippen molar-refractivity contribution in [3.05, 3.63) is 0 Å². The smallest absolute Gasteiger partial charge is 0.323 e. The molecule has 0 atom stereocenters. The molecular weight excluding hydrogens is 232 g/mol. The third-order valence-electron chi connectivity index (χ3n) is 2.74. The molecule has 0 radical (unpaired) electrons. The van der Waals surface area contributed by atoms with E-state index in [-0.39, 0.29) is 12.5 Å². The Bertz CT molecular complexity index is 255. The molecule has 1 N–H and O–H groups in total. The molecular formula is C13H26N2O3. The van der Waals surface area contributed by atoms with Crippen molar-refractivity contribution in [2.75, 3.05) is 33.7 Å². The third kappa shape index (κ3) is 8.98. The van der Waals surface area contributed by atoms with Crippen LogP contribution in [-0.4, -0.2) is 60.5 Å². The Morgan fingerprint density at radius 3 is 2.22 bits per heavy atom. The number of nitrogens with zero attached hydrogens (tertiary/aromatic N) is 2. The number of carboxylic acid groups (broad SMARTS) is 1. The lowest BCUT2D eigenvalue weighted by Gasteiger charge is -2.22. The average molecular weight is 258 g/mol. The first-order valence-corrected chi connectivity index (χ1v) is 6.61. The van der Waals surface area contributed by atoms with Crippen molar-refractivity contribution in [1.82, 2.24) is 9.80 Å². The van der Waals surface area contributed by atoms with Gasteiger partial charge in [-0.05, 0) is 20.5 Å². The second kappa shape index (κ2) is 9.88. The van der Waals surface area contributed by atoms with E-state index in [2.05, 4.69) is 6.92 Å². The molecule has 106 valence electrons. The van der Waals surface area contributed by atoms with Gasteiger partial charge in [0.15, 0.2) is 0 Å². The van der Waals surface area contributed by atoms with Gasteiger partial charge in [-0.2, -0.15) is 0 Å². The van der Waals surface area contributed by atoms with E-state index >= 15 is 0 Å². The molecule has 0 bridgehead atoms. The summed E-state index contributed by atoms with van der Waals surface area (Å²) >= 11 is 0. The number of carbonyl (C=O) groups is 2. The highest BCUT2D eigenvalue weighted by molar-refractivity contribution is 5.81. The van der Waals surface area contributed by atoms with Gasteiger partial charge in [-0.1, -0.05) is 26.2 Å². The van der Waals surface area contributed by atoms with Gasteiger partial charge in [0.25, 0.3) is 0 Å². The predicted octanol–water partition coefficient (Wildman–Crippen LogP) is 1.43. The molecule has 0 aliphatic rings. The number of carboxylic acids is 1. The highest BCUT2D eigenvalue weighted by Crippen LogP contribution is 2.05. The average Bonchev–Trinajstić information content (AvgIpc) is 2.29. The van der Waals surface area contributed by atoms with Gasteiger partial charge in [0, 0.05) is 19.5 Å². The largest absolute Gasteiger partial charge is 0.480 e. The molecule has 0 rings (SSSR count). The normalized spacial score (nSPS) is 10.7. The van der Waals surface area contributed by atoms with Crippen LogP contribution in [0.5, 0.6) is 0 Å².